The van der Waals surface area contributed by atoms with Gasteiger partial charge in [0.15, 0.2) is 0 Å². The van der Waals surface area contributed by atoms with E-state index in [0.29, 0.717) is 5.02 Å². The summed E-state index contributed by atoms with van der Waals surface area (Å²) in [6, 6.07) is 3.59. The van der Waals surface area contributed by atoms with Crippen molar-refractivity contribution in [3.8, 4) is 0 Å². The molecule has 1 rings (SSSR count). The van der Waals surface area contributed by atoms with Gasteiger partial charge in [0.05, 0.1) is 10.7 Å². The Bertz CT molecular complexity index is 210. The first-order chi connectivity index (χ1) is 4.70. The number of pyridine rings is 1. The lowest BCUT2D eigenvalue weighted by atomic mass is 10.2. The molecule has 1 unspecified atom stereocenters. The zero-order chi connectivity index (χ0) is 7.56. The maximum atomic E-state index is 5.61. The summed E-state index contributed by atoms with van der Waals surface area (Å²) in [6.07, 6.45) is 1.60. The second kappa shape index (κ2) is 6.49. The van der Waals surface area contributed by atoms with E-state index in [0.717, 1.165) is 5.69 Å². The van der Waals surface area contributed by atoms with E-state index in [-0.39, 0.29) is 30.9 Å². The van der Waals surface area contributed by atoms with Gasteiger partial charge in [-0.05, 0) is 19.1 Å². The summed E-state index contributed by atoms with van der Waals surface area (Å²) < 4.78 is 0. The Morgan fingerprint density at radius 1 is 1.42 bits per heavy atom. The summed E-state index contributed by atoms with van der Waals surface area (Å²) in [5.41, 5.74) is 6.42. The molecule has 1 aromatic rings. The summed E-state index contributed by atoms with van der Waals surface area (Å²) >= 11 is 5.61. The first-order valence-corrected chi connectivity index (χ1v) is 3.45. The minimum Gasteiger partial charge on any atom is -0.323 e. The molecule has 1 heterocycles. The topological polar surface area (TPSA) is 38.9 Å². The largest absolute Gasteiger partial charge is 0.323 e. The van der Waals surface area contributed by atoms with Gasteiger partial charge in [0.2, 0.25) is 0 Å². The molecule has 0 aliphatic carbocycles. The molecule has 0 radical (unpaired) electrons. The molecule has 0 aliphatic rings. The Labute approximate surface area is 89.3 Å². The van der Waals surface area contributed by atoms with Crippen molar-refractivity contribution >= 4 is 36.4 Å². The Hall–Kier alpha value is -0.0200. The molecule has 1 aromatic heterocycles. The third kappa shape index (κ3) is 4.12. The average molecular weight is 230 g/mol. The summed E-state index contributed by atoms with van der Waals surface area (Å²) in [6.45, 7) is 1.89. The van der Waals surface area contributed by atoms with E-state index in [1.165, 1.54) is 0 Å². The van der Waals surface area contributed by atoms with E-state index in [1.807, 2.05) is 13.0 Å². The van der Waals surface area contributed by atoms with Crippen LogP contribution in [0.25, 0.3) is 0 Å². The molecule has 0 aromatic carbocycles. The van der Waals surface area contributed by atoms with Crippen molar-refractivity contribution < 1.29 is 0 Å². The molecule has 0 saturated carbocycles. The molecular formula is C7H11Cl3N2. The van der Waals surface area contributed by atoms with Crippen LogP contribution in [0.5, 0.6) is 0 Å². The molecule has 12 heavy (non-hydrogen) atoms. The van der Waals surface area contributed by atoms with Crippen molar-refractivity contribution in [3.63, 3.8) is 0 Å². The fourth-order valence-corrected chi connectivity index (χ4v) is 0.768. The van der Waals surface area contributed by atoms with Crippen LogP contribution in [0.4, 0.5) is 0 Å². The Morgan fingerprint density at radius 2 is 2.00 bits per heavy atom. The minimum atomic E-state index is -0.0164. The Kier molecular flexibility index (Phi) is 7.84. The highest BCUT2D eigenvalue weighted by Crippen LogP contribution is 2.09. The van der Waals surface area contributed by atoms with Crippen molar-refractivity contribution in [2.24, 2.45) is 5.73 Å². The molecule has 70 valence electrons. The van der Waals surface area contributed by atoms with E-state index in [2.05, 4.69) is 4.98 Å². The zero-order valence-corrected chi connectivity index (χ0v) is 8.92. The van der Waals surface area contributed by atoms with Crippen molar-refractivity contribution in [1.82, 2.24) is 4.98 Å². The quantitative estimate of drug-likeness (QED) is 0.804. The lowest BCUT2D eigenvalue weighted by Gasteiger charge is -2.02. The normalized spacial score (nSPS) is 10.9. The van der Waals surface area contributed by atoms with Gasteiger partial charge in [-0.15, -0.1) is 24.8 Å². The lowest BCUT2D eigenvalue weighted by molar-refractivity contribution is 0.781. The van der Waals surface area contributed by atoms with Gasteiger partial charge in [0, 0.05) is 12.2 Å². The van der Waals surface area contributed by atoms with E-state index >= 15 is 0 Å². The first kappa shape index (κ1) is 14.5. The molecule has 0 spiro atoms. The minimum absolute atomic E-state index is 0. The number of rotatable bonds is 1. The Morgan fingerprint density at radius 3 is 2.33 bits per heavy atom. The third-order valence-electron chi connectivity index (χ3n) is 1.22. The van der Waals surface area contributed by atoms with Crippen molar-refractivity contribution in [2.45, 2.75) is 13.0 Å². The summed E-state index contributed by atoms with van der Waals surface area (Å²) in [4.78, 5) is 4.02. The molecule has 0 amide bonds. The summed E-state index contributed by atoms with van der Waals surface area (Å²) in [7, 11) is 0. The van der Waals surface area contributed by atoms with Crippen LogP contribution in [0.1, 0.15) is 18.7 Å². The maximum Gasteiger partial charge on any atom is 0.0589 e. The van der Waals surface area contributed by atoms with E-state index in [9.17, 15) is 0 Å². The van der Waals surface area contributed by atoms with Gasteiger partial charge < -0.3 is 5.73 Å². The molecule has 1 atom stereocenters. The van der Waals surface area contributed by atoms with Crippen LogP contribution in [-0.4, -0.2) is 4.98 Å². The number of aromatic nitrogens is 1. The number of hydrogen-bond donors (Lipinski definition) is 1. The smallest absolute Gasteiger partial charge is 0.0589 e. The predicted octanol–water partition coefficient (Wildman–Crippen LogP) is 2.60. The number of nitrogens with zero attached hydrogens (tertiary/aromatic N) is 1. The van der Waals surface area contributed by atoms with E-state index < -0.39 is 0 Å². The molecular weight excluding hydrogens is 218 g/mol. The molecule has 2 nitrogen and oxygen atoms in total. The highest BCUT2D eigenvalue weighted by Gasteiger charge is 1.98. The van der Waals surface area contributed by atoms with Gasteiger partial charge >= 0.3 is 0 Å². The molecule has 2 N–H and O–H groups in total. The molecule has 0 saturated heterocycles. The van der Waals surface area contributed by atoms with Crippen LogP contribution in [0.15, 0.2) is 18.3 Å². The second-order valence-electron chi connectivity index (χ2n) is 2.19. The zero-order valence-electron chi connectivity index (χ0n) is 6.53. The maximum absolute atomic E-state index is 5.61. The molecule has 0 aliphatic heterocycles. The molecule has 5 heteroatoms. The van der Waals surface area contributed by atoms with Crippen molar-refractivity contribution in [1.29, 1.82) is 0 Å². The van der Waals surface area contributed by atoms with Gasteiger partial charge in [-0.3, -0.25) is 4.98 Å². The fourth-order valence-electron chi connectivity index (χ4n) is 0.657. The van der Waals surface area contributed by atoms with Crippen LogP contribution < -0.4 is 5.73 Å². The van der Waals surface area contributed by atoms with Gasteiger partial charge in [-0.25, -0.2) is 0 Å². The predicted molar refractivity (Wildman–Crippen MR) is 56.3 cm³/mol. The third-order valence-corrected chi connectivity index (χ3v) is 1.44. The monoisotopic (exact) mass is 228 g/mol. The number of nitrogens with two attached hydrogens (primary N) is 1. The SMILES string of the molecule is CC(N)c1ccc(Cl)cn1.Cl.Cl. The van der Waals surface area contributed by atoms with Crippen LogP contribution in [0.2, 0.25) is 5.02 Å². The van der Waals surface area contributed by atoms with Crippen molar-refractivity contribution in [3.05, 3.63) is 29.0 Å². The van der Waals surface area contributed by atoms with Gasteiger partial charge in [0.25, 0.3) is 0 Å². The van der Waals surface area contributed by atoms with E-state index in [4.69, 9.17) is 17.3 Å². The highest BCUT2D eigenvalue weighted by molar-refractivity contribution is 6.30. The molecule has 0 bridgehead atoms. The number of hydrogen-bond acceptors (Lipinski definition) is 2. The standard InChI is InChI=1S/C7H9ClN2.2ClH/c1-5(9)7-3-2-6(8)4-10-7;;/h2-5H,9H2,1H3;2*1H. The van der Waals surface area contributed by atoms with Gasteiger partial charge in [-0.1, -0.05) is 11.6 Å². The van der Waals surface area contributed by atoms with Crippen LogP contribution in [0.3, 0.4) is 0 Å². The summed E-state index contributed by atoms with van der Waals surface area (Å²) in [5.74, 6) is 0. The number of halogens is 3. The first-order valence-electron chi connectivity index (χ1n) is 3.07. The lowest BCUT2D eigenvalue weighted by Crippen LogP contribution is -2.06. The average Bonchev–Trinajstić information content (AvgIpc) is 1.88. The Balaban J connectivity index is 0. The van der Waals surface area contributed by atoms with Crippen LogP contribution in [0, 0.1) is 0 Å². The molecule has 0 fully saturated rings. The summed E-state index contributed by atoms with van der Waals surface area (Å²) in [5, 5.41) is 0.643. The van der Waals surface area contributed by atoms with Gasteiger partial charge in [-0.2, -0.15) is 0 Å². The second-order valence-corrected chi connectivity index (χ2v) is 2.63. The van der Waals surface area contributed by atoms with E-state index in [1.54, 1.807) is 12.3 Å². The fraction of sp³-hybridized carbons (Fsp3) is 0.286. The highest BCUT2D eigenvalue weighted by atomic mass is 35.5. The van der Waals surface area contributed by atoms with Crippen molar-refractivity contribution in [2.75, 3.05) is 0 Å². The van der Waals surface area contributed by atoms with Gasteiger partial charge in [0.1, 0.15) is 0 Å². The van der Waals surface area contributed by atoms with Crippen LogP contribution >= 0.6 is 36.4 Å². The van der Waals surface area contributed by atoms with Crippen LogP contribution in [-0.2, 0) is 0 Å².